The van der Waals surface area contributed by atoms with Gasteiger partial charge in [-0.3, -0.25) is 9.78 Å². The van der Waals surface area contributed by atoms with Crippen LogP contribution in [0.4, 0.5) is 5.69 Å². The summed E-state index contributed by atoms with van der Waals surface area (Å²) in [6.45, 7) is 4.54. The van der Waals surface area contributed by atoms with Gasteiger partial charge >= 0.3 is 0 Å². The fourth-order valence-corrected chi connectivity index (χ4v) is 2.71. The largest absolute Gasteiger partial charge is 0.371 e. The zero-order valence-electron chi connectivity index (χ0n) is 12.7. The van der Waals surface area contributed by atoms with E-state index in [9.17, 15) is 4.79 Å². The lowest BCUT2D eigenvalue weighted by atomic mass is 10.1. The minimum absolute atomic E-state index is 0.148. The molecule has 5 heteroatoms. The molecule has 1 aliphatic rings. The fourth-order valence-electron chi connectivity index (χ4n) is 2.71. The quantitative estimate of drug-likeness (QED) is 0.938. The zero-order valence-corrected chi connectivity index (χ0v) is 12.7. The maximum Gasteiger partial charge on any atom is 0.271 e. The summed E-state index contributed by atoms with van der Waals surface area (Å²) >= 11 is 0. The molecule has 1 aliphatic heterocycles. The van der Waals surface area contributed by atoms with Crippen molar-refractivity contribution < 1.29 is 4.79 Å². The number of benzene rings is 1. The lowest BCUT2D eigenvalue weighted by Gasteiger charge is -2.18. The minimum Gasteiger partial charge on any atom is -0.371 e. The Hall–Kier alpha value is -2.43. The number of para-hydroxylation sites is 1. The molecule has 1 amide bonds. The summed E-state index contributed by atoms with van der Waals surface area (Å²) in [5.74, 6) is 0.327. The van der Waals surface area contributed by atoms with Gasteiger partial charge < -0.3 is 10.2 Å². The molecule has 1 aromatic carbocycles. The summed E-state index contributed by atoms with van der Waals surface area (Å²) in [6.07, 6.45) is 4.23. The van der Waals surface area contributed by atoms with Crippen molar-refractivity contribution in [2.24, 2.45) is 5.92 Å². The maximum absolute atomic E-state index is 12.0. The average molecular weight is 296 g/mol. The molecule has 1 saturated heterocycles. The van der Waals surface area contributed by atoms with Crippen LogP contribution in [-0.4, -0.2) is 35.5 Å². The Labute approximate surface area is 130 Å². The molecular weight excluding hydrogens is 276 g/mol. The van der Waals surface area contributed by atoms with Gasteiger partial charge in [0.15, 0.2) is 0 Å². The summed E-state index contributed by atoms with van der Waals surface area (Å²) in [6, 6.07) is 10.4. The number of hydrogen-bond acceptors (Lipinski definition) is 4. The molecule has 2 heterocycles. The minimum atomic E-state index is -0.148. The third kappa shape index (κ3) is 3.42. The highest BCUT2D eigenvalue weighted by Gasteiger charge is 2.23. The van der Waals surface area contributed by atoms with Crippen molar-refractivity contribution in [1.82, 2.24) is 15.3 Å². The highest BCUT2D eigenvalue weighted by Crippen LogP contribution is 2.22. The normalized spacial score (nSPS) is 17.5. The van der Waals surface area contributed by atoms with Gasteiger partial charge in [0.05, 0.1) is 11.9 Å². The van der Waals surface area contributed by atoms with E-state index in [0.29, 0.717) is 18.2 Å². The van der Waals surface area contributed by atoms with Crippen LogP contribution in [0.3, 0.4) is 0 Å². The van der Waals surface area contributed by atoms with Crippen LogP contribution >= 0.6 is 0 Å². The molecule has 0 aliphatic carbocycles. The summed E-state index contributed by atoms with van der Waals surface area (Å²) < 4.78 is 0. The molecule has 3 rings (SSSR count). The van der Waals surface area contributed by atoms with Crippen LogP contribution in [-0.2, 0) is 0 Å². The van der Waals surface area contributed by atoms with Crippen LogP contribution in [0.2, 0.25) is 0 Å². The number of amides is 1. The molecule has 1 unspecified atom stereocenters. The standard InChI is InChI=1S/C17H20N4O/c1-13-9-19-16(11-18-13)17(22)20-10-14-7-8-21(12-14)15-5-3-2-4-6-15/h2-6,9,11,14H,7-8,10,12H2,1H3,(H,20,22). The average Bonchev–Trinajstić information content (AvgIpc) is 3.03. The number of aromatic nitrogens is 2. The Bertz CT molecular complexity index is 627. The summed E-state index contributed by atoms with van der Waals surface area (Å²) in [5, 5.41) is 2.96. The predicted octanol–water partition coefficient (Wildman–Crippen LogP) is 2.04. The number of aryl methyl sites for hydroxylation is 1. The number of nitrogens with one attached hydrogen (secondary N) is 1. The van der Waals surface area contributed by atoms with Crippen molar-refractivity contribution in [2.45, 2.75) is 13.3 Å². The molecule has 1 aromatic heterocycles. The molecule has 0 spiro atoms. The highest BCUT2D eigenvalue weighted by atomic mass is 16.1. The molecule has 1 fully saturated rings. The molecule has 1 atom stereocenters. The predicted molar refractivity (Wildman–Crippen MR) is 85.9 cm³/mol. The maximum atomic E-state index is 12.0. The number of nitrogens with zero attached hydrogens (tertiary/aromatic N) is 3. The molecule has 5 nitrogen and oxygen atoms in total. The third-order valence-corrected chi connectivity index (χ3v) is 3.97. The van der Waals surface area contributed by atoms with E-state index in [4.69, 9.17) is 0 Å². The van der Waals surface area contributed by atoms with Gasteiger partial charge in [0.2, 0.25) is 0 Å². The van der Waals surface area contributed by atoms with E-state index in [-0.39, 0.29) is 5.91 Å². The van der Waals surface area contributed by atoms with Crippen LogP contribution < -0.4 is 10.2 Å². The Morgan fingerprint density at radius 3 is 2.82 bits per heavy atom. The van der Waals surface area contributed by atoms with Gasteiger partial charge in [0, 0.05) is 31.5 Å². The lowest BCUT2D eigenvalue weighted by molar-refractivity contribution is 0.0943. The van der Waals surface area contributed by atoms with Crippen LogP contribution in [0.5, 0.6) is 0 Å². The van der Waals surface area contributed by atoms with Crippen LogP contribution in [0.1, 0.15) is 22.6 Å². The Morgan fingerprint density at radius 2 is 2.09 bits per heavy atom. The van der Waals surface area contributed by atoms with Gasteiger partial charge in [-0.1, -0.05) is 18.2 Å². The van der Waals surface area contributed by atoms with Crippen molar-refractivity contribution in [3.8, 4) is 0 Å². The van der Waals surface area contributed by atoms with Crippen LogP contribution in [0.15, 0.2) is 42.7 Å². The fraction of sp³-hybridized carbons (Fsp3) is 0.353. The first-order valence-electron chi connectivity index (χ1n) is 7.59. The van der Waals surface area contributed by atoms with Gasteiger partial charge in [-0.2, -0.15) is 0 Å². The second kappa shape index (κ2) is 6.56. The van der Waals surface area contributed by atoms with Crippen molar-refractivity contribution in [3.05, 3.63) is 54.1 Å². The Kier molecular flexibility index (Phi) is 4.32. The molecule has 114 valence electrons. The second-order valence-electron chi connectivity index (χ2n) is 5.69. The summed E-state index contributed by atoms with van der Waals surface area (Å²) in [4.78, 5) is 22.6. The van der Waals surface area contributed by atoms with Gasteiger partial charge in [-0.15, -0.1) is 0 Å². The van der Waals surface area contributed by atoms with E-state index in [0.717, 1.165) is 25.2 Å². The molecular formula is C17H20N4O. The van der Waals surface area contributed by atoms with E-state index in [1.165, 1.54) is 11.9 Å². The van der Waals surface area contributed by atoms with Gasteiger partial charge in [-0.25, -0.2) is 4.98 Å². The van der Waals surface area contributed by atoms with Crippen LogP contribution in [0.25, 0.3) is 0 Å². The van der Waals surface area contributed by atoms with Crippen molar-refractivity contribution in [2.75, 3.05) is 24.5 Å². The van der Waals surface area contributed by atoms with E-state index in [1.807, 2.05) is 13.0 Å². The van der Waals surface area contributed by atoms with E-state index < -0.39 is 0 Å². The topological polar surface area (TPSA) is 58.1 Å². The smallest absolute Gasteiger partial charge is 0.271 e. The lowest BCUT2D eigenvalue weighted by Crippen LogP contribution is -2.31. The summed E-state index contributed by atoms with van der Waals surface area (Å²) in [5.41, 5.74) is 2.44. The second-order valence-corrected chi connectivity index (χ2v) is 5.69. The number of rotatable bonds is 4. The molecule has 0 saturated carbocycles. The molecule has 0 radical (unpaired) electrons. The van der Waals surface area contributed by atoms with Crippen molar-refractivity contribution in [3.63, 3.8) is 0 Å². The monoisotopic (exact) mass is 296 g/mol. The molecule has 2 aromatic rings. The van der Waals surface area contributed by atoms with Crippen molar-refractivity contribution in [1.29, 1.82) is 0 Å². The van der Waals surface area contributed by atoms with E-state index in [2.05, 4.69) is 44.5 Å². The van der Waals surface area contributed by atoms with Crippen LogP contribution in [0, 0.1) is 12.8 Å². The molecule has 22 heavy (non-hydrogen) atoms. The first-order chi connectivity index (χ1) is 10.7. The number of carbonyl (C=O) groups is 1. The Balaban J connectivity index is 1.50. The number of carbonyl (C=O) groups excluding carboxylic acids is 1. The third-order valence-electron chi connectivity index (χ3n) is 3.97. The molecule has 0 bridgehead atoms. The van der Waals surface area contributed by atoms with E-state index in [1.54, 1.807) is 6.20 Å². The van der Waals surface area contributed by atoms with Gasteiger partial charge in [0.25, 0.3) is 5.91 Å². The highest BCUT2D eigenvalue weighted by molar-refractivity contribution is 5.91. The van der Waals surface area contributed by atoms with Crippen molar-refractivity contribution >= 4 is 11.6 Å². The number of hydrogen-bond donors (Lipinski definition) is 1. The van der Waals surface area contributed by atoms with Gasteiger partial charge in [-0.05, 0) is 31.4 Å². The first-order valence-corrected chi connectivity index (χ1v) is 7.59. The SMILES string of the molecule is Cc1cnc(C(=O)NCC2CCN(c3ccccc3)C2)cn1. The molecule has 1 N–H and O–H groups in total. The zero-order chi connectivity index (χ0) is 15.4. The first kappa shape index (κ1) is 14.5. The van der Waals surface area contributed by atoms with E-state index >= 15 is 0 Å². The Morgan fingerprint density at radius 1 is 1.27 bits per heavy atom. The van der Waals surface area contributed by atoms with Gasteiger partial charge in [0.1, 0.15) is 5.69 Å². The number of anilines is 1. The summed E-state index contributed by atoms with van der Waals surface area (Å²) in [7, 11) is 0.